The highest BCUT2D eigenvalue weighted by atomic mass is 35.5. The molecule has 0 amide bonds. The van der Waals surface area contributed by atoms with Crippen LogP contribution >= 0.6 is 23.2 Å². The lowest BCUT2D eigenvalue weighted by Crippen LogP contribution is -2.06. The van der Waals surface area contributed by atoms with E-state index >= 15 is 0 Å². The lowest BCUT2D eigenvalue weighted by atomic mass is 10.1. The summed E-state index contributed by atoms with van der Waals surface area (Å²) < 4.78 is 19.2. The van der Waals surface area contributed by atoms with E-state index in [1.165, 1.54) is 18.2 Å². The van der Waals surface area contributed by atoms with Crippen LogP contribution in [0.5, 0.6) is 5.75 Å². The Hall–Kier alpha value is -1.29. The summed E-state index contributed by atoms with van der Waals surface area (Å²) in [6, 6.07) is 13.6. The number of aliphatic hydroxyl groups excluding tert-OH is 1. The summed E-state index contributed by atoms with van der Waals surface area (Å²) in [6.45, 7) is 0.271. The Bertz CT molecular complexity index is 561. The standard InChI is InChI=1S/C15H13Cl2FO2/c16-15(17)14(19)11-6-7-13(12(18)8-11)20-9-10-4-2-1-3-5-10/h1-8,14-15,19H,9H2. The third-order valence-corrected chi connectivity index (χ3v) is 3.25. The monoisotopic (exact) mass is 314 g/mol. The number of hydrogen-bond donors (Lipinski definition) is 1. The molecule has 2 rings (SSSR count). The molecule has 5 heteroatoms. The molecule has 0 saturated carbocycles. The van der Waals surface area contributed by atoms with Crippen molar-refractivity contribution in [1.82, 2.24) is 0 Å². The van der Waals surface area contributed by atoms with Gasteiger partial charge < -0.3 is 9.84 Å². The van der Waals surface area contributed by atoms with Gasteiger partial charge in [0, 0.05) is 0 Å². The fraction of sp³-hybridized carbons (Fsp3) is 0.200. The van der Waals surface area contributed by atoms with Crippen molar-refractivity contribution in [3.05, 3.63) is 65.5 Å². The second kappa shape index (κ2) is 6.93. The van der Waals surface area contributed by atoms with Crippen molar-refractivity contribution in [2.45, 2.75) is 17.5 Å². The molecule has 0 spiro atoms. The molecule has 1 atom stereocenters. The number of hydrogen-bond acceptors (Lipinski definition) is 2. The first-order valence-electron chi connectivity index (χ1n) is 6.00. The molecular weight excluding hydrogens is 302 g/mol. The Morgan fingerprint density at radius 1 is 1.10 bits per heavy atom. The maximum atomic E-state index is 13.9. The average Bonchev–Trinajstić information content (AvgIpc) is 2.46. The number of aliphatic hydroxyl groups is 1. The van der Waals surface area contributed by atoms with E-state index in [2.05, 4.69) is 0 Å². The molecule has 2 aromatic rings. The summed E-state index contributed by atoms with van der Waals surface area (Å²) in [5, 5.41) is 9.65. The zero-order valence-corrected chi connectivity index (χ0v) is 12.0. The van der Waals surface area contributed by atoms with Crippen LogP contribution in [-0.4, -0.2) is 9.94 Å². The second-order valence-corrected chi connectivity index (χ2v) is 5.41. The molecule has 0 aliphatic heterocycles. The number of rotatable bonds is 5. The largest absolute Gasteiger partial charge is 0.486 e. The maximum absolute atomic E-state index is 13.9. The van der Waals surface area contributed by atoms with E-state index < -0.39 is 16.8 Å². The summed E-state index contributed by atoms with van der Waals surface area (Å²) in [7, 11) is 0. The van der Waals surface area contributed by atoms with Gasteiger partial charge in [0.2, 0.25) is 0 Å². The van der Waals surface area contributed by atoms with Crippen molar-refractivity contribution in [1.29, 1.82) is 0 Å². The molecule has 0 aliphatic carbocycles. The summed E-state index contributed by atoms with van der Waals surface area (Å²) in [5.41, 5.74) is 1.25. The zero-order valence-electron chi connectivity index (χ0n) is 10.5. The number of alkyl halides is 2. The van der Waals surface area contributed by atoms with Crippen LogP contribution in [0.1, 0.15) is 17.2 Å². The molecule has 0 fully saturated rings. The molecule has 2 aromatic carbocycles. The molecule has 0 aromatic heterocycles. The molecule has 0 saturated heterocycles. The van der Waals surface area contributed by atoms with E-state index in [4.69, 9.17) is 27.9 Å². The van der Waals surface area contributed by atoms with E-state index in [1.54, 1.807) is 0 Å². The second-order valence-electron chi connectivity index (χ2n) is 4.24. The van der Waals surface area contributed by atoms with Gasteiger partial charge in [0.15, 0.2) is 11.6 Å². The van der Waals surface area contributed by atoms with Gasteiger partial charge in [-0.15, -0.1) is 23.2 Å². The predicted octanol–water partition coefficient (Wildman–Crippen LogP) is 4.24. The third-order valence-electron chi connectivity index (χ3n) is 2.77. The molecule has 0 heterocycles. The van der Waals surface area contributed by atoms with E-state index in [-0.39, 0.29) is 12.4 Å². The fourth-order valence-electron chi connectivity index (χ4n) is 1.70. The van der Waals surface area contributed by atoms with Crippen molar-refractivity contribution in [2.24, 2.45) is 0 Å². The molecule has 0 radical (unpaired) electrons. The van der Waals surface area contributed by atoms with Gasteiger partial charge in [-0.1, -0.05) is 36.4 Å². The smallest absolute Gasteiger partial charge is 0.165 e. The van der Waals surface area contributed by atoms with Crippen molar-refractivity contribution < 1.29 is 14.2 Å². The van der Waals surface area contributed by atoms with E-state index in [0.29, 0.717) is 5.56 Å². The molecule has 0 aliphatic rings. The van der Waals surface area contributed by atoms with Crippen molar-refractivity contribution in [3.8, 4) is 5.75 Å². The molecule has 1 N–H and O–H groups in total. The summed E-state index contributed by atoms with van der Waals surface area (Å²) in [5.74, 6) is -0.447. The molecular formula is C15H13Cl2FO2. The topological polar surface area (TPSA) is 29.5 Å². The van der Waals surface area contributed by atoms with E-state index in [0.717, 1.165) is 5.56 Å². The number of ether oxygens (including phenoxy) is 1. The highest BCUT2D eigenvalue weighted by Crippen LogP contribution is 2.28. The van der Waals surface area contributed by atoms with Crippen molar-refractivity contribution in [3.63, 3.8) is 0 Å². The minimum atomic E-state index is -1.13. The van der Waals surface area contributed by atoms with Gasteiger partial charge in [0.25, 0.3) is 0 Å². The molecule has 20 heavy (non-hydrogen) atoms. The maximum Gasteiger partial charge on any atom is 0.165 e. The first kappa shape index (κ1) is 15.1. The molecule has 0 bridgehead atoms. The summed E-state index contributed by atoms with van der Waals surface area (Å²) in [6.07, 6.45) is -1.13. The van der Waals surface area contributed by atoms with Crippen LogP contribution in [0, 0.1) is 5.82 Å². The van der Waals surface area contributed by atoms with Crippen LogP contribution in [0.2, 0.25) is 0 Å². The Kier molecular flexibility index (Phi) is 5.24. The Labute approximate surface area is 126 Å². The van der Waals surface area contributed by atoms with Crippen LogP contribution in [-0.2, 0) is 6.61 Å². The number of halogens is 3. The van der Waals surface area contributed by atoms with Gasteiger partial charge in [0.05, 0.1) is 0 Å². The predicted molar refractivity (Wildman–Crippen MR) is 77.6 cm³/mol. The van der Waals surface area contributed by atoms with E-state index in [1.807, 2.05) is 30.3 Å². The van der Waals surface area contributed by atoms with Crippen LogP contribution in [0.4, 0.5) is 4.39 Å². The number of benzene rings is 2. The first-order chi connectivity index (χ1) is 9.58. The SMILES string of the molecule is OC(c1ccc(OCc2ccccc2)c(F)c1)C(Cl)Cl. The van der Waals surface area contributed by atoms with Gasteiger partial charge in [-0.3, -0.25) is 0 Å². The van der Waals surface area contributed by atoms with Gasteiger partial charge in [-0.2, -0.15) is 0 Å². The Balaban J connectivity index is 2.06. The summed E-state index contributed by atoms with van der Waals surface area (Å²) in [4.78, 5) is -1.01. The summed E-state index contributed by atoms with van der Waals surface area (Å²) >= 11 is 11.1. The highest BCUT2D eigenvalue weighted by Gasteiger charge is 2.17. The van der Waals surface area contributed by atoms with Crippen molar-refractivity contribution >= 4 is 23.2 Å². The lowest BCUT2D eigenvalue weighted by molar-refractivity contribution is 0.192. The molecule has 1 unspecified atom stereocenters. The quantitative estimate of drug-likeness (QED) is 0.836. The van der Waals surface area contributed by atoms with Crippen LogP contribution in [0.15, 0.2) is 48.5 Å². The third kappa shape index (κ3) is 3.85. The highest BCUT2D eigenvalue weighted by molar-refractivity contribution is 6.44. The van der Waals surface area contributed by atoms with Gasteiger partial charge in [0.1, 0.15) is 17.5 Å². The zero-order chi connectivity index (χ0) is 14.5. The minimum Gasteiger partial charge on any atom is -0.486 e. The van der Waals surface area contributed by atoms with Crippen molar-refractivity contribution in [2.75, 3.05) is 0 Å². The Morgan fingerprint density at radius 2 is 1.80 bits per heavy atom. The average molecular weight is 315 g/mol. The fourth-order valence-corrected chi connectivity index (χ4v) is 1.99. The molecule has 2 nitrogen and oxygen atoms in total. The molecule has 106 valence electrons. The minimum absolute atomic E-state index is 0.116. The normalized spacial score (nSPS) is 12.4. The van der Waals surface area contributed by atoms with Crippen LogP contribution < -0.4 is 4.74 Å². The Morgan fingerprint density at radius 3 is 2.40 bits per heavy atom. The van der Waals surface area contributed by atoms with Gasteiger partial charge in [-0.05, 0) is 23.3 Å². The van der Waals surface area contributed by atoms with Gasteiger partial charge >= 0.3 is 0 Å². The van der Waals surface area contributed by atoms with Crippen LogP contribution in [0.25, 0.3) is 0 Å². The van der Waals surface area contributed by atoms with Gasteiger partial charge in [-0.25, -0.2) is 4.39 Å². The first-order valence-corrected chi connectivity index (χ1v) is 6.87. The lowest BCUT2D eigenvalue weighted by Gasteiger charge is -2.13. The van der Waals surface area contributed by atoms with Crippen LogP contribution in [0.3, 0.4) is 0 Å². The van der Waals surface area contributed by atoms with E-state index in [9.17, 15) is 9.50 Å².